The zero-order valence-corrected chi connectivity index (χ0v) is 12.6. The molecule has 0 spiro atoms. The molecule has 0 fully saturated rings. The van der Waals surface area contributed by atoms with Crippen LogP contribution in [0.3, 0.4) is 0 Å². The highest BCUT2D eigenvalue weighted by Gasteiger charge is 2.07. The van der Waals surface area contributed by atoms with Gasteiger partial charge in [-0.05, 0) is 30.7 Å². The van der Waals surface area contributed by atoms with Gasteiger partial charge in [-0.15, -0.1) is 0 Å². The SMILES string of the molecule is NCCCC(=O)Nc1ccnn1Cc1ccc(Br)cc1. The van der Waals surface area contributed by atoms with Gasteiger partial charge in [0.1, 0.15) is 5.82 Å². The van der Waals surface area contributed by atoms with E-state index < -0.39 is 0 Å². The summed E-state index contributed by atoms with van der Waals surface area (Å²) in [7, 11) is 0. The molecule has 1 heterocycles. The molecule has 1 aromatic carbocycles. The molecule has 2 rings (SSSR count). The van der Waals surface area contributed by atoms with Crippen molar-refractivity contribution in [1.29, 1.82) is 0 Å². The molecule has 5 nitrogen and oxygen atoms in total. The number of anilines is 1. The molecule has 0 saturated heterocycles. The molecular formula is C14H17BrN4O. The van der Waals surface area contributed by atoms with Crippen LogP contribution in [0.2, 0.25) is 0 Å². The van der Waals surface area contributed by atoms with E-state index in [9.17, 15) is 4.79 Å². The van der Waals surface area contributed by atoms with Crippen LogP contribution < -0.4 is 11.1 Å². The lowest BCUT2D eigenvalue weighted by molar-refractivity contribution is -0.116. The van der Waals surface area contributed by atoms with Gasteiger partial charge < -0.3 is 11.1 Å². The third-order valence-corrected chi connectivity index (χ3v) is 3.37. The second-order valence-electron chi connectivity index (χ2n) is 4.44. The highest BCUT2D eigenvalue weighted by atomic mass is 79.9. The Hall–Kier alpha value is -1.66. The number of carbonyl (C=O) groups is 1. The van der Waals surface area contributed by atoms with Crippen molar-refractivity contribution in [3.05, 3.63) is 46.6 Å². The molecule has 106 valence electrons. The van der Waals surface area contributed by atoms with Gasteiger partial charge in [-0.25, -0.2) is 4.68 Å². The minimum atomic E-state index is -0.0343. The van der Waals surface area contributed by atoms with Crippen LogP contribution in [0.5, 0.6) is 0 Å². The first kappa shape index (κ1) is 14.7. The maximum Gasteiger partial charge on any atom is 0.225 e. The van der Waals surface area contributed by atoms with Crippen molar-refractivity contribution < 1.29 is 4.79 Å². The summed E-state index contributed by atoms with van der Waals surface area (Å²) in [4.78, 5) is 11.7. The Kier molecular flexibility index (Phi) is 5.31. The fraction of sp³-hybridized carbons (Fsp3) is 0.286. The van der Waals surface area contributed by atoms with E-state index in [2.05, 4.69) is 26.3 Å². The van der Waals surface area contributed by atoms with Crippen LogP contribution in [0.15, 0.2) is 41.0 Å². The van der Waals surface area contributed by atoms with Crippen LogP contribution in [0.25, 0.3) is 0 Å². The van der Waals surface area contributed by atoms with E-state index in [1.54, 1.807) is 16.9 Å². The zero-order valence-electron chi connectivity index (χ0n) is 11.1. The van der Waals surface area contributed by atoms with Crippen LogP contribution in [0, 0.1) is 0 Å². The van der Waals surface area contributed by atoms with Crippen molar-refractivity contribution in [1.82, 2.24) is 9.78 Å². The van der Waals surface area contributed by atoms with Crippen molar-refractivity contribution in [2.24, 2.45) is 5.73 Å². The van der Waals surface area contributed by atoms with Gasteiger partial charge in [0.05, 0.1) is 12.7 Å². The standard InChI is InChI=1S/C14H17BrN4O/c15-12-5-3-11(4-6-12)10-19-13(7-9-17-19)18-14(20)2-1-8-16/h3-7,9H,1-2,8,10,16H2,(H,18,20). The molecule has 6 heteroatoms. The minimum Gasteiger partial charge on any atom is -0.330 e. The van der Waals surface area contributed by atoms with Gasteiger partial charge in [-0.1, -0.05) is 28.1 Å². The first-order valence-electron chi connectivity index (χ1n) is 6.45. The fourth-order valence-corrected chi connectivity index (χ4v) is 2.06. The van der Waals surface area contributed by atoms with Crippen molar-refractivity contribution in [2.75, 3.05) is 11.9 Å². The van der Waals surface area contributed by atoms with E-state index in [1.165, 1.54) is 0 Å². The molecule has 0 saturated carbocycles. The largest absolute Gasteiger partial charge is 0.330 e. The quantitative estimate of drug-likeness (QED) is 0.850. The lowest BCUT2D eigenvalue weighted by Gasteiger charge is -2.09. The lowest BCUT2D eigenvalue weighted by atomic mass is 10.2. The van der Waals surface area contributed by atoms with Gasteiger partial charge in [-0.3, -0.25) is 4.79 Å². The Morgan fingerprint density at radius 2 is 2.05 bits per heavy atom. The zero-order chi connectivity index (χ0) is 14.4. The molecule has 0 aliphatic heterocycles. The molecule has 0 bridgehead atoms. The summed E-state index contributed by atoms with van der Waals surface area (Å²) >= 11 is 3.40. The summed E-state index contributed by atoms with van der Waals surface area (Å²) in [6.07, 6.45) is 2.80. The van der Waals surface area contributed by atoms with E-state index in [1.807, 2.05) is 24.3 Å². The Balaban J connectivity index is 2.01. The number of nitrogens with zero attached hydrogens (tertiary/aromatic N) is 2. The van der Waals surface area contributed by atoms with Gasteiger partial charge >= 0.3 is 0 Å². The molecule has 2 aromatic rings. The van der Waals surface area contributed by atoms with Crippen molar-refractivity contribution in [3.63, 3.8) is 0 Å². The number of carbonyl (C=O) groups excluding carboxylic acids is 1. The minimum absolute atomic E-state index is 0.0343. The summed E-state index contributed by atoms with van der Waals surface area (Å²) in [5.74, 6) is 0.669. The van der Waals surface area contributed by atoms with Crippen LogP contribution in [-0.2, 0) is 11.3 Å². The maximum absolute atomic E-state index is 11.7. The number of rotatable bonds is 6. The normalized spacial score (nSPS) is 10.5. The number of amides is 1. The molecule has 1 amide bonds. The number of nitrogens with one attached hydrogen (secondary N) is 1. The fourth-order valence-electron chi connectivity index (χ4n) is 1.80. The number of hydrogen-bond acceptors (Lipinski definition) is 3. The van der Waals surface area contributed by atoms with Gasteiger partial charge in [0.15, 0.2) is 0 Å². The Bertz CT molecular complexity index is 565. The molecule has 3 N–H and O–H groups in total. The van der Waals surface area contributed by atoms with E-state index in [4.69, 9.17) is 5.73 Å². The van der Waals surface area contributed by atoms with E-state index in [0.29, 0.717) is 31.7 Å². The molecule has 0 atom stereocenters. The van der Waals surface area contributed by atoms with Gasteiger partial charge in [-0.2, -0.15) is 5.10 Å². The topological polar surface area (TPSA) is 72.9 Å². The molecule has 1 aromatic heterocycles. The summed E-state index contributed by atoms with van der Waals surface area (Å²) in [5, 5.41) is 7.09. The van der Waals surface area contributed by atoms with Crippen LogP contribution in [-0.4, -0.2) is 22.2 Å². The molecule has 0 aliphatic rings. The summed E-state index contributed by atoms with van der Waals surface area (Å²) < 4.78 is 2.81. The Morgan fingerprint density at radius 3 is 2.75 bits per heavy atom. The Labute approximate surface area is 126 Å². The number of nitrogens with two attached hydrogens (primary N) is 1. The van der Waals surface area contributed by atoms with Gasteiger partial charge in [0.2, 0.25) is 5.91 Å². The summed E-state index contributed by atoms with van der Waals surface area (Å²) in [6, 6.07) is 9.80. The van der Waals surface area contributed by atoms with Crippen molar-refractivity contribution in [3.8, 4) is 0 Å². The summed E-state index contributed by atoms with van der Waals surface area (Å²) in [5.41, 5.74) is 6.51. The predicted octanol–water partition coefficient (Wildman–Crippen LogP) is 2.37. The molecule has 0 unspecified atom stereocenters. The molecule has 0 radical (unpaired) electrons. The average molecular weight is 337 g/mol. The highest BCUT2D eigenvalue weighted by molar-refractivity contribution is 9.10. The average Bonchev–Trinajstić information content (AvgIpc) is 2.86. The van der Waals surface area contributed by atoms with E-state index >= 15 is 0 Å². The maximum atomic E-state index is 11.7. The third kappa shape index (κ3) is 4.18. The van der Waals surface area contributed by atoms with Gasteiger partial charge in [0.25, 0.3) is 0 Å². The molecule has 0 aliphatic carbocycles. The summed E-state index contributed by atoms with van der Waals surface area (Å²) in [6.45, 7) is 1.14. The number of halogens is 1. The predicted molar refractivity (Wildman–Crippen MR) is 82.4 cm³/mol. The molecule has 20 heavy (non-hydrogen) atoms. The monoisotopic (exact) mass is 336 g/mol. The highest BCUT2D eigenvalue weighted by Crippen LogP contribution is 2.14. The van der Waals surface area contributed by atoms with Crippen LogP contribution in [0.4, 0.5) is 5.82 Å². The van der Waals surface area contributed by atoms with Crippen LogP contribution in [0.1, 0.15) is 18.4 Å². The molecular weight excluding hydrogens is 320 g/mol. The third-order valence-electron chi connectivity index (χ3n) is 2.84. The van der Waals surface area contributed by atoms with E-state index in [-0.39, 0.29) is 5.91 Å². The first-order valence-corrected chi connectivity index (χ1v) is 7.24. The second kappa shape index (κ2) is 7.21. The number of benzene rings is 1. The second-order valence-corrected chi connectivity index (χ2v) is 5.36. The van der Waals surface area contributed by atoms with Crippen molar-refractivity contribution >= 4 is 27.7 Å². The Morgan fingerprint density at radius 1 is 1.30 bits per heavy atom. The lowest BCUT2D eigenvalue weighted by Crippen LogP contribution is -2.17. The van der Waals surface area contributed by atoms with Crippen LogP contribution >= 0.6 is 15.9 Å². The van der Waals surface area contributed by atoms with Crippen molar-refractivity contribution in [2.45, 2.75) is 19.4 Å². The smallest absolute Gasteiger partial charge is 0.225 e. The number of hydrogen-bond donors (Lipinski definition) is 2. The van der Waals surface area contributed by atoms with Gasteiger partial charge in [0, 0.05) is 17.0 Å². The first-order chi connectivity index (χ1) is 9.69. The van der Waals surface area contributed by atoms with E-state index in [0.717, 1.165) is 10.0 Å². The number of aromatic nitrogens is 2.